The quantitative estimate of drug-likeness (QED) is 0.304. The zero-order valence-corrected chi connectivity index (χ0v) is 26.8. The molecule has 4 fully saturated rings. The molecule has 4 saturated carbocycles. The van der Waals surface area contributed by atoms with Crippen molar-refractivity contribution in [1.82, 2.24) is 0 Å². The van der Waals surface area contributed by atoms with Gasteiger partial charge in [0.15, 0.2) is 5.60 Å². The summed E-state index contributed by atoms with van der Waals surface area (Å²) < 4.78 is 11.7. The SMILES string of the molecule is CC[C@H]1[C@@H](O)C2C3CC[C@H]([C@H](C)CCOC(=O)C(C)(C)Oc4ccc(Cl)cc4)[C@@]3(C)CCC2[C@@]2(C)CC[C@@H](O)C[C@@H]12. The highest BCUT2D eigenvalue weighted by molar-refractivity contribution is 6.30. The highest BCUT2D eigenvalue weighted by atomic mass is 35.5. The first kappa shape index (κ1) is 31.1. The second-order valence-electron chi connectivity index (χ2n) is 15.1. The van der Waals surface area contributed by atoms with Crippen LogP contribution < -0.4 is 4.74 Å². The van der Waals surface area contributed by atoms with Crippen molar-refractivity contribution in [2.45, 2.75) is 117 Å². The molecule has 0 bridgehead atoms. The molecule has 0 radical (unpaired) electrons. The van der Waals surface area contributed by atoms with Gasteiger partial charge in [0.2, 0.25) is 0 Å². The Labute approximate surface area is 252 Å². The van der Waals surface area contributed by atoms with Crippen molar-refractivity contribution < 1.29 is 24.5 Å². The Morgan fingerprint density at radius 1 is 1.02 bits per heavy atom. The Balaban J connectivity index is 1.22. The summed E-state index contributed by atoms with van der Waals surface area (Å²) in [6, 6.07) is 7.01. The fraction of sp³-hybridized carbons (Fsp3) is 0.800. The Bertz CT molecular complexity index is 1070. The van der Waals surface area contributed by atoms with E-state index in [1.165, 1.54) is 25.7 Å². The van der Waals surface area contributed by atoms with Crippen LogP contribution in [-0.4, -0.2) is 40.6 Å². The van der Waals surface area contributed by atoms with Crippen LogP contribution in [0.4, 0.5) is 0 Å². The molecule has 41 heavy (non-hydrogen) atoms. The molecule has 5 rings (SSSR count). The first-order valence-electron chi connectivity index (χ1n) is 16.3. The van der Waals surface area contributed by atoms with Gasteiger partial charge in [0, 0.05) is 5.02 Å². The average Bonchev–Trinajstić information content (AvgIpc) is 3.28. The van der Waals surface area contributed by atoms with E-state index in [2.05, 4.69) is 27.7 Å². The van der Waals surface area contributed by atoms with Crippen molar-refractivity contribution in [2.24, 2.45) is 52.3 Å². The van der Waals surface area contributed by atoms with Gasteiger partial charge in [-0.1, -0.05) is 45.7 Å². The van der Waals surface area contributed by atoms with E-state index in [9.17, 15) is 15.0 Å². The summed E-state index contributed by atoms with van der Waals surface area (Å²) in [6.45, 7) is 13.4. The molecule has 3 unspecified atom stereocenters. The van der Waals surface area contributed by atoms with Gasteiger partial charge in [0.25, 0.3) is 0 Å². The monoisotopic (exact) mass is 588 g/mol. The molecule has 0 aromatic heterocycles. The zero-order chi connectivity index (χ0) is 29.7. The van der Waals surface area contributed by atoms with E-state index in [1.54, 1.807) is 38.1 Å². The molecule has 4 aliphatic carbocycles. The second kappa shape index (κ2) is 11.7. The predicted octanol–water partition coefficient (Wildman–Crippen LogP) is 7.69. The summed E-state index contributed by atoms with van der Waals surface area (Å²) in [7, 11) is 0. The third-order valence-corrected chi connectivity index (χ3v) is 12.9. The molecule has 1 aromatic carbocycles. The topological polar surface area (TPSA) is 76.0 Å². The van der Waals surface area contributed by atoms with Crippen LogP contribution in [0.2, 0.25) is 5.02 Å². The van der Waals surface area contributed by atoms with Crippen molar-refractivity contribution in [2.75, 3.05) is 6.61 Å². The molecule has 230 valence electrons. The minimum absolute atomic E-state index is 0.207. The molecule has 4 aliphatic rings. The normalized spacial score (nSPS) is 41.1. The number of fused-ring (bicyclic) bond motifs is 5. The summed E-state index contributed by atoms with van der Waals surface area (Å²) in [4.78, 5) is 12.9. The van der Waals surface area contributed by atoms with Gasteiger partial charge < -0.3 is 19.7 Å². The highest BCUT2D eigenvalue weighted by Gasteiger charge is 2.64. The number of esters is 1. The maximum absolute atomic E-state index is 12.9. The van der Waals surface area contributed by atoms with Crippen molar-refractivity contribution in [3.05, 3.63) is 29.3 Å². The maximum atomic E-state index is 12.9. The molecule has 11 atom stereocenters. The van der Waals surface area contributed by atoms with Gasteiger partial charge in [-0.3, -0.25) is 0 Å². The second-order valence-corrected chi connectivity index (χ2v) is 15.5. The number of aliphatic hydroxyl groups is 2. The van der Waals surface area contributed by atoms with Crippen LogP contribution in [0.3, 0.4) is 0 Å². The van der Waals surface area contributed by atoms with Crippen LogP contribution in [0.1, 0.15) is 99.3 Å². The Morgan fingerprint density at radius 3 is 2.37 bits per heavy atom. The number of hydrogen-bond acceptors (Lipinski definition) is 5. The molecule has 0 amide bonds. The number of halogens is 1. The van der Waals surface area contributed by atoms with E-state index < -0.39 is 5.60 Å². The van der Waals surface area contributed by atoms with Gasteiger partial charge in [-0.2, -0.15) is 0 Å². The number of carbonyl (C=O) groups excluding carboxylic acids is 1. The number of benzene rings is 1. The summed E-state index contributed by atoms with van der Waals surface area (Å²) in [5, 5.41) is 23.1. The molecular weight excluding hydrogens is 536 g/mol. The van der Waals surface area contributed by atoms with E-state index >= 15 is 0 Å². The standard InChI is InChI=1S/C35H53ClO5/c1-7-25-29-20-23(37)14-17-35(29,6)28-15-18-34(5)26(12-13-27(34)30(28)31(25)38)21(2)16-19-40-32(39)33(3,4)41-24-10-8-22(36)9-11-24/h8-11,21,23,25-31,37-38H,7,12-20H2,1-6H3/t21-,23-,25-,26-,27?,28?,29+,30?,31-,34-,35-/m1/s1. The van der Waals surface area contributed by atoms with Gasteiger partial charge in [0.1, 0.15) is 5.75 Å². The molecule has 0 aliphatic heterocycles. The van der Waals surface area contributed by atoms with Crippen molar-refractivity contribution in [1.29, 1.82) is 0 Å². The first-order valence-corrected chi connectivity index (χ1v) is 16.7. The molecule has 5 nitrogen and oxygen atoms in total. The van der Waals surface area contributed by atoms with Crippen LogP contribution in [0.15, 0.2) is 24.3 Å². The van der Waals surface area contributed by atoms with Crippen LogP contribution in [-0.2, 0) is 9.53 Å². The number of aliphatic hydroxyl groups excluding tert-OH is 2. The average molecular weight is 589 g/mol. The summed E-state index contributed by atoms with van der Waals surface area (Å²) in [6.07, 6.45) is 8.98. The van der Waals surface area contributed by atoms with Crippen LogP contribution in [0.25, 0.3) is 0 Å². The van der Waals surface area contributed by atoms with E-state index in [0.717, 1.165) is 32.1 Å². The molecule has 6 heteroatoms. The highest BCUT2D eigenvalue weighted by Crippen LogP contribution is 2.69. The summed E-state index contributed by atoms with van der Waals surface area (Å²) in [5.74, 6) is 3.39. The lowest BCUT2D eigenvalue weighted by Gasteiger charge is -2.64. The fourth-order valence-electron chi connectivity index (χ4n) is 10.5. The molecular formula is C35H53ClO5. The Morgan fingerprint density at radius 2 is 1.68 bits per heavy atom. The third-order valence-electron chi connectivity index (χ3n) is 12.6. The van der Waals surface area contributed by atoms with Crippen molar-refractivity contribution in [3.63, 3.8) is 0 Å². The van der Waals surface area contributed by atoms with Gasteiger partial charge in [-0.15, -0.1) is 0 Å². The zero-order valence-electron chi connectivity index (χ0n) is 26.1. The van der Waals surface area contributed by atoms with Gasteiger partial charge in [0.05, 0.1) is 18.8 Å². The minimum Gasteiger partial charge on any atom is -0.476 e. The number of hydrogen-bond donors (Lipinski definition) is 2. The van der Waals surface area contributed by atoms with E-state index in [1.807, 2.05) is 0 Å². The Hall–Kier alpha value is -1.30. The van der Waals surface area contributed by atoms with Gasteiger partial charge >= 0.3 is 5.97 Å². The van der Waals surface area contributed by atoms with E-state index in [4.69, 9.17) is 21.1 Å². The lowest BCUT2D eigenvalue weighted by atomic mass is 9.41. The molecule has 0 saturated heterocycles. The van der Waals surface area contributed by atoms with E-state index in [0.29, 0.717) is 52.9 Å². The summed E-state index contributed by atoms with van der Waals surface area (Å²) in [5.41, 5.74) is -0.655. The minimum atomic E-state index is -1.09. The van der Waals surface area contributed by atoms with Crippen molar-refractivity contribution >= 4 is 17.6 Å². The molecule has 1 aromatic rings. The number of carbonyl (C=O) groups is 1. The lowest BCUT2D eigenvalue weighted by molar-refractivity contribution is -0.203. The van der Waals surface area contributed by atoms with Crippen LogP contribution in [0.5, 0.6) is 5.75 Å². The molecule has 0 spiro atoms. The van der Waals surface area contributed by atoms with Gasteiger partial charge in [-0.25, -0.2) is 4.79 Å². The molecule has 2 N–H and O–H groups in total. The Kier molecular flexibility index (Phi) is 8.85. The third kappa shape index (κ3) is 5.57. The van der Waals surface area contributed by atoms with Gasteiger partial charge in [-0.05, 0) is 142 Å². The largest absolute Gasteiger partial charge is 0.476 e. The summed E-state index contributed by atoms with van der Waals surface area (Å²) >= 11 is 5.97. The number of rotatable bonds is 8. The van der Waals surface area contributed by atoms with Crippen LogP contribution in [0, 0.1) is 52.3 Å². The van der Waals surface area contributed by atoms with Crippen LogP contribution >= 0.6 is 11.6 Å². The van der Waals surface area contributed by atoms with Crippen molar-refractivity contribution in [3.8, 4) is 5.75 Å². The first-order chi connectivity index (χ1) is 19.3. The number of ether oxygens (including phenoxy) is 2. The fourth-order valence-corrected chi connectivity index (χ4v) is 10.6. The smallest absolute Gasteiger partial charge is 0.349 e. The lowest BCUT2D eigenvalue weighted by Crippen LogP contribution is -2.62. The molecule has 0 heterocycles. The predicted molar refractivity (Wildman–Crippen MR) is 163 cm³/mol. The maximum Gasteiger partial charge on any atom is 0.349 e. The van der Waals surface area contributed by atoms with E-state index in [-0.39, 0.29) is 34.9 Å².